The highest BCUT2D eigenvalue weighted by Crippen LogP contribution is 2.07. The summed E-state index contributed by atoms with van der Waals surface area (Å²) in [6, 6.07) is 0. The van der Waals surface area contributed by atoms with Gasteiger partial charge in [0.25, 0.3) is 0 Å². The molecule has 0 saturated heterocycles. The van der Waals surface area contributed by atoms with Crippen LogP contribution in [0.4, 0.5) is 0 Å². The molecule has 0 aliphatic carbocycles. The molecular weight excluding hydrogens is 204 g/mol. The van der Waals surface area contributed by atoms with Crippen LogP contribution in [0.5, 0.6) is 0 Å². The Kier molecular flexibility index (Phi) is 4.72. The minimum Gasteiger partial charge on any atom is -0.352 e. The Morgan fingerprint density at radius 1 is 1.56 bits per heavy atom. The molecule has 1 rings (SSSR count). The van der Waals surface area contributed by atoms with Crippen molar-refractivity contribution in [2.45, 2.75) is 20.4 Å². The van der Waals surface area contributed by atoms with Crippen LogP contribution in [0, 0.1) is 13.8 Å². The van der Waals surface area contributed by atoms with Crippen LogP contribution in [-0.4, -0.2) is 29.2 Å². The number of nitrogens with one attached hydrogen (secondary N) is 3. The van der Waals surface area contributed by atoms with Gasteiger partial charge >= 0.3 is 0 Å². The van der Waals surface area contributed by atoms with E-state index in [2.05, 4.69) is 27.4 Å². The lowest BCUT2D eigenvalue weighted by Gasteiger charge is -2.05. The van der Waals surface area contributed by atoms with Crippen molar-refractivity contribution in [2.24, 2.45) is 0 Å². The van der Waals surface area contributed by atoms with E-state index in [1.807, 2.05) is 13.8 Å². The van der Waals surface area contributed by atoms with E-state index in [4.69, 9.17) is 0 Å². The first kappa shape index (κ1) is 12.4. The molecule has 88 valence electrons. The Morgan fingerprint density at radius 2 is 2.31 bits per heavy atom. The summed E-state index contributed by atoms with van der Waals surface area (Å²) in [4.78, 5) is 11.3. The van der Waals surface area contributed by atoms with Crippen molar-refractivity contribution in [1.29, 1.82) is 0 Å². The molecule has 1 heterocycles. The van der Waals surface area contributed by atoms with E-state index < -0.39 is 0 Å². The van der Waals surface area contributed by atoms with E-state index in [0.29, 0.717) is 19.6 Å². The fourth-order valence-electron chi connectivity index (χ4n) is 1.38. The molecule has 0 fully saturated rings. The van der Waals surface area contributed by atoms with E-state index in [1.54, 1.807) is 6.08 Å². The summed E-state index contributed by atoms with van der Waals surface area (Å²) in [5.41, 5.74) is 3.13. The number of rotatable bonds is 6. The fraction of sp³-hybridized carbons (Fsp3) is 0.455. The molecule has 0 unspecified atom stereocenters. The number of aryl methyl sites for hydroxylation is 2. The summed E-state index contributed by atoms with van der Waals surface area (Å²) < 4.78 is 0. The predicted octanol–water partition coefficient (Wildman–Crippen LogP) is 0.418. The van der Waals surface area contributed by atoms with Gasteiger partial charge in [-0.05, 0) is 13.8 Å². The molecule has 5 nitrogen and oxygen atoms in total. The maximum atomic E-state index is 11.3. The molecule has 5 heteroatoms. The molecule has 0 radical (unpaired) electrons. The number of amides is 1. The van der Waals surface area contributed by atoms with Gasteiger partial charge in [0.2, 0.25) is 5.91 Å². The highest BCUT2D eigenvalue weighted by atomic mass is 16.1. The predicted molar refractivity (Wildman–Crippen MR) is 63.0 cm³/mol. The highest BCUT2D eigenvalue weighted by molar-refractivity contribution is 5.78. The Morgan fingerprint density at radius 3 is 2.88 bits per heavy atom. The number of carbonyl (C=O) groups is 1. The number of hydrogen-bond donors (Lipinski definition) is 3. The second-order valence-electron chi connectivity index (χ2n) is 3.61. The number of hydrogen-bond acceptors (Lipinski definition) is 3. The molecule has 0 saturated carbocycles. The third-order valence-electron chi connectivity index (χ3n) is 2.31. The summed E-state index contributed by atoms with van der Waals surface area (Å²) in [7, 11) is 0. The minimum atomic E-state index is -0.0290. The van der Waals surface area contributed by atoms with Crippen molar-refractivity contribution in [3.63, 3.8) is 0 Å². The van der Waals surface area contributed by atoms with Gasteiger partial charge in [0.1, 0.15) is 0 Å². The molecule has 1 aromatic rings. The number of carbonyl (C=O) groups excluding carboxylic acids is 1. The van der Waals surface area contributed by atoms with Gasteiger partial charge in [-0.1, -0.05) is 6.08 Å². The van der Waals surface area contributed by atoms with Crippen LogP contribution in [0.2, 0.25) is 0 Å². The lowest BCUT2D eigenvalue weighted by atomic mass is 10.2. The summed E-state index contributed by atoms with van der Waals surface area (Å²) in [6.45, 7) is 8.90. The first-order chi connectivity index (χ1) is 7.65. The van der Waals surface area contributed by atoms with Crippen molar-refractivity contribution in [3.05, 3.63) is 29.6 Å². The number of nitrogens with zero attached hydrogens (tertiary/aromatic N) is 1. The van der Waals surface area contributed by atoms with Gasteiger partial charge in [-0.3, -0.25) is 9.89 Å². The van der Waals surface area contributed by atoms with Crippen molar-refractivity contribution in [1.82, 2.24) is 20.8 Å². The SMILES string of the molecule is C=CCNC(=O)CNCc1c(C)n[nH]c1C. The van der Waals surface area contributed by atoms with Crippen LogP contribution in [-0.2, 0) is 11.3 Å². The standard InChI is InChI=1S/C11H18N4O/c1-4-5-13-11(16)7-12-6-10-8(2)14-15-9(10)3/h4,12H,1,5-7H2,2-3H3,(H,13,16)(H,14,15). The van der Waals surface area contributed by atoms with Gasteiger partial charge in [-0.15, -0.1) is 6.58 Å². The zero-order valence-electron chi connectivity index (χ0n) is 9.76. The van der Waals surface area contributed by atoms with Crippen LogP contribution >= 0.6 is 0 Å². The highest BCUT2D eigenvalue weighted by Gasteiger charge is 2.06. The summed E-state index contributed by atoms with van der Waals surface area (Å²) >= 11 is 0. The molecule has 3 N–H and O–H groups in total. The lowest BCUT2D eigenvalue weighted by Crippen LogP contribution is -2.33. The van der Waals surface area contributed by atoms with Crippen molar-refractivity contribution in [3.8, 4) is 0 Å². The quantitative estimate of drug-likeness (QED) is 0.611. The third-order valence-corrected chi connectivity index (χ3v) is 2.31. The smallest absolute Gasteiger partial charge is 0.234 e. The molecular formula is C11H18N4O. The Bertz CT molecular complexity index is 351. The Balaban J connectivity index is 2.30. The van der Waals surface area contributed by atoms with Crippen molar-refractivity contribution >= 4 is 5.91 Å². The van der Waals surface area contributed by atoms with Crippen LogP contribution in [0.15, 0.2) is 12.7 Å². The monoisotopic (exact) mass is 222 g/mol. The Hall–Kier alpha value is -1.62. The molecule has 0 aliphatic rings. The first-order valence-corrected chi connectivity index (χ1v) is 5.24. The van der Waals surface area contributed by atoms with Gasteiger partial charge in [-0.25, -0.2) is 0 Å². The average molecular weight is 222 g/mol. The van der Waals surface area contributed by atoms with E-state index in [1.165, 1.54) is 0 Å². The molecule has 16 heavy (non-hydrogen) atoms. The van der Waals surface area contributed by atoms with Crippen LogP contribution in [0.3, 0.4) is 0 Å². The second-order valence-corrected chi connectivity index (χ2v) is 3.61. The molecule has 0 aliphatic heterocycles. The van der Waals surface area contributed by atoms with E-state index in [0.717, 1.165) is 17.0 Å². The number of aromatic nitrogens is 2. The second kappa shape index (κ2) is 6.07. The summed E-state index contributed by atoms with van der Waals surface area (Å²) in [5.74, 6) is -0.0290. The van der Waals surface area contributed by atoms with Gasteiger partial charge < -0.3 is 10.6 Å². The Labute approximate surface area is 95.3 Å². The van der Waals surface area contributed by atoms with Gasteiger partial charge in [0, 0.05) is 24.3 Å². The van der Waals surface area contributed by atoms with Gasteiger partial charge in [0.15, 0.2) is 0 Å². The topological polar surface area (TPSA) is 69.8 Å². The van der Waals surface area contributed by atoms with Crippen molar-refractivity contribution < 1.29 is 4.79 Å². The third kappa shape index (κ3) is 3.51. The van der Waals surface area contributed by atoms with E-state index in [9.17, 15) is 4.79 Å². The lowest BCUT2D eigenvalue weighted by molar-refractivity contribution is -0.120. The zero-order valence-corrected chi connectivity index (χ0v) is 9.76. The van der Waals surface area contributed by atoms with E-state index in [-0.39, 0.29) is 5.91 Å². The fourth-order valence-corrected chi connectivity index (χ4v) is 1.38. The van der Waals surface area contributed by atoms with Crippen LogP contribution < -0.4 is 10.6 Å². The van der Waals surface area contributed by atoms with Crippen LogP contribution in [0.25, 0.3) is 0 Å². The zero-order chi connectivity index (χ0) is 12.0. The molecule has 0 bridgehead atoms. The number of aromatic amines is 1. The number of H-pyrrole nitrogens is 1. The molecule has 0 atom stereocenters. The summed E-state index contributed by atoms with van der Waals surface area (Å²) in [6.07, 6.45) is 1.66. The summed E-state index contributed by atoms with van der Waals surface area (Å²) in [5, 5.41) is 12.8. The first-order valence-electron chi connectivity index (χ1n) is 5.24. The van der Waals surface area contributed by atoms with E-state index >= 15 is 0 Å². The maximum absolute atomic E-state index is 11.3. The molecule has 0 spiro atoms. The van der Waals surface area contributed by atoms with Gasteiger partial charge in [-0.2, -0.15) is 5.10 Å². The van der Waals surface area contributed by atoms with Crippen LogP contribution in [0.1, 0.15) is 17.0 Å². The van der Waals surface area contributed by atoms with Crippen molar-refractivity contribution in [2.75, 3.05) is 13.1 Å². The average Bonchev–Trinajstić information content (AvgIpc) is 2.57. The van der Waals surface area contributed by atoms with Gasteiger partial charge in [0.05, 0.1) is 12.2 Å². The normalized spacial score (nSPS) is 10.1. The molecule has 1 amide bonds. The molecule has 0 aromatic carbocycles. The maximum Gasteiger partial charge on any atom is 0.234 e. The molecule has 1 aromatic heterocycles. The largest absolute Gasteiger partial charge is 0.352 e. The minimum absolute atomic E-state index is 0.0290.